The molecule has 5 aliphatic rings. The van der Waals surface area contributed by atoms with Crippen molar-refractivity contribution in [3.8, 4) is 5.75 Å². The summed E-state index contributed by atoms with van der Waals surface area (Å²) in [6, 6.07) is 11.3. The zero-order valence-corrected chi connectivity index (χ0v) is 30.5. The second kappa shape index (κ2) is 13.8. The summed E-state index contributed by atoms with van der Waals surface area (Å²) in [4.78, 5) is 18.4. The predicted molar refractivity (Wildman–Crippen MR) is 192 cm³/mol. The van der Waals surface area contributed by atoms with E-state index < -0.39 is 26.8 Å². The number of carbonyl (C=O) groups is 1. The fourth-order valence-corrected chi connectivity index (χ4v) is 10.0. The highest BCUT2D eigenvalue weighted by molar-refractivity contribution is 7.90. The van der Waals surface area contributed by atoms with Crippen molar-refractivity contribution in [3.05, 3.63) is 70.3 Å². The van der Waals surface area contributed by atoms with E-state index in [4.69, 9.17) is 25.8 Å². The first-order chi connectivity index (χ1) is 23.5. The average Bonchev–Trinajstić information content (AvgIpc) is 3.05. The number of rotatable bonds is 3. The third kappa shape index (κ3) is 7.01. The van der Waals surface area contributed by atoms with Crippen LogP contribution >= 0.6 is 11.6 Å². The van der Waals surface area contributed by atoms with Crippen molar-refractivity contribution in [2.24, 2.45) is 23.2 Å². The number of likely N-dealkylation sites (tertiary alicyclic amines) is 1. The molecule has 7 rings (SSSR count). The monoisotopic (exact) mass is 711 g/mol. The fourth-order valence-electron chi connectivity index (χ4n) is 8.57. The van der Waals surface area contributed by atoms with Gasteiger partial charge in [-0.15, -0.1) is 0 Å². The molecule has 2 aromatic carbocycles. The fraction of sp³-hybridized carbons (Fsp3) is 0.605. The van der Waals surface area contributed by atoms with Gasteiger partial charge in [-0.1, -0.05) is 36.7 Å². The maximum Gasteiger partial charge on any atom is 0.264 e. The van der Waals surface area contributed by atoms with Crippen LogP contribution in [0.25, 0.3) is 0 Å². The second-order valence-electron chi connectivity index (χ2n) is 15.3. The topological polar surface area (TPSA) is 97.4 Å². The Morgan fingerprint density at radius 1 is 1.06 bits per heavy atom. The third-order valence-corrected chi connectivity index (χ3v) is 14.1. The molecule has 0 unspecified atom stereocenters. The minimum atomic E-state index is -3.94. The minimum absolute atomic E-state index is 0.213. The molecule has 3 fully saturated rings. The summed E-state index contributed by atoms with van der Waals surface area (Å²) < 4.78 is 48.0. The van der Waals surface area contributed by atoms with Gasteiger partial charge < -0.3 is 19.1 Å². The zero-order valence-electron chi connectivity index (χ0n) is 29.0. The van der Waals surface area contributed by atoms with Crippen LogP contribution in [0.2, 0.25) is 5.02 Å². The Balaban J connectivity index is 1.25. The normalized spacial score (nSPS) is 32.1. The molecule has 0 radical (unpaired) electrons. The number of anilines is 1. The van der Waals surface area contributed by atoms with Gasteiger partial charge in [-0.2, -0.15) is 0 Å². The van der Waals surface area contributed by atoms with Gasteiger partial charge >= 0.3 is 0 Å². The lowest BCUT2D eigenvalue weighted by atomic mass is 9.63. The quantitative estimate of drug-likeness (QED) is 0.397. The molecule has 1 amide bonds. The zero-order chi connectivity index (χ0) is 34.4. The Morgan fingerprint density at radius 2 is 1.88 bits per heavy atom. The number of nitrogens with zero attached hydrogens (tertiary/aromatic N) is 2. The molecule has 1 aliphatic carbocycles. The van der Waals surface area contributed by atoms with Gasteiger partial charge in [0, 0.05) is 55.8 Å². The van der Waals surface area contributed by atoms with E-state index in [1.54, 1.807) is 13.0 Å². The Hall–Kier alpha value is -2.63. The van der Waals surface area contributed by atoms with Crippen molar-refractivity contribution in [2.45, 2.75) is 69.8 Å². The first-order valence-corrected chi connectivity index (χ1v) is 19.8. The van der Waals surface area contributed by atoms with E-state index in [1.165, 1.54) is 5.56 Å². The van der Waals surface area contributed by atoms with Gasteiger partial charge in [-0.3, -0.25) is 9.69 Å². The Bertz CT molecular complexity index is 1690. The lowest BCUT2D eigenvalue weighted by molar-refractivity contribution is -0.205. The Kier molecular flexibility index (Phi) is 9.82. The molecule has 9 nitrogen and oxygen atoms in total. The summed E-state index contributed by atoms with van der Waals surface area (Å²) in [5.74, 6) is 0.487. The van der Waals surface area contributed by atoms with Crippen LogP contribution in [0.4, 0.5) is 5.69 Å². The molecule has 5 atom stereocenters. The largest absolute Gasteiger partial charge is 0.487 e. The number of nitrogens with one attached hydrogen (secondary N) is 1. The number of carbonyl (C=O) groups excluding carboxylic acids is 1. The summed E-state index contributed by atoms with van der Waals surface area (Å²) in [7, 11) is -2.11. The number of aryl methyl sites for hydroxylation is 1. The van der Waals surface area contributed by atoms with Crippen LogP contribution < -0.4 is 14.4 Å². The molecular weight excluding hydrogens is 662 g/mol. The number of amides is 1. The number of sulfonamides is 1. The third-order valence-electron chi connectivity index (χ3n) is 12.0. The smallest absolute Gasteiger partial charge is 0.264 e. The molecular formula is C38H50ClN3O6S. The van der Waals surface area contributed by atoms with Gasteiger partial charge in [0.15, 0.2) is 0 Å². The highest BCUT2D eigenvalue weighted by atomic mass is 35.5. The molecule has 1 spiro atoms. The molecule has 2 bridgehead atoms. The number of allylic oxidation sites excluding steroid dienone is 1. The Morgan fingerprint density at radius 3 is 2.59 bits per heavy atom. The standard InChI is InChI=1S/C38H50ClN3O6S/c1-26-7-6-15-38(46-3,23-41-21-37(22-41)24-47-25-37)33-13-10-30(33)19-42-16-5-4-8-28-17-32(39)12-9-31(28)20-48-35-14-11-29(18-34(35)42)36(43)40-49(44,45)27(26)2/h6,9,11-12,14-15,17-18,26-27,30,33H,4-5,7-8,10,13,16,19-25H2,1-3H3,(H,40,43)/b15-6+/t26-,27+,30-,33+,38+/m0/s1. The van der Waals surface area contributed by atoms with Crippen LogP contribution in [0.5, 0.6) is 5.75 Å². The summed E-state index contributed by atoms with van der Waals surface area (Å²) in [6.07, 6.45) is 9.88. The molecule has 266 valence electrons. The highest BCUT2D eigenvalue weighted by Gasteiger charge is 2.54. The molecule has 1 saturated carbocycles. The van der Waals surface area contributed by atoms with E-state index in [9.17, 15) is 13.2 Å². The number of halogens is 1. The molecule has 0 aromatic heterocycles. The number of methoxy groups -OCH3 is 1. The van der Waals surface area contributed by atoms with Crippen LogP contribution in [0.1, 0.15) is 67.4 Å². The average molecular weight is 712 g/mol. The second-order valence-corrected chi connectivity index (χ2v) is 17.8. The highest BCUT2D eigenvalue weighted by Crippen LogP contribution is 2.48. The van der Waals surface area contributed by atoms with E-state index in [0.717, 1.165) is 94.3 Å². The first kappa shape index (κ1) is 34.8. The molecule has 2 aromatic rings. The van der Waals surface area contributed by atoms with Crippen molar-refractivity contribution < 1.29 is 27.4 Å². The van der Waals surface area contributed by atoms with Crippen LogP contribution in [0.15, 0.2) is 48.6 Å². The number of benzene rings is 2. The Labute approximate surface area is 296 Å². The maximum absolute atomic E-state index is 13.5. The van der Waals surface area contributed by atoms with Crippen LogP contribution in [-0.2, 0) is 32.5 Å². The summed E-state index contributed by atoms with van der Waals surface area (Å²) >= 11 is 6.38. The van der Waals surface area contributed by atoms with E-state index in [1.807, 2.05) is 44.4 Å². The van der Waals surface area contributed by atoms with Crippen molar-refractivity contribution in [1.82, 2.24) is 9.62 Å². The lowest BCUT2D eigenvalue weighted by Crippen LogP contribution is -2.69. The van der Waals surface area contributed by atoms with E-state index in [2.05, 4.69) is 26.7 Å². The summed E-state index contributed by atoms with van der Waals surface area (Å²) in [5.41, 5.74) is 3.19. The first-order valence-electron chi connectivity index (χ1n) is 17.9. The maximum atomic E-state index is 13.5. The van der Waals surface area contributed by atoms with Crippen molar-refractivity contribution >= 4 is 33.2 Å². The molecule has 4 aliphatic heterocycles. The van der Waals surface area contributed by atoms with Crippen molar-refractivity contribution in [3.63, 3.8) is 0 Å². The molecule has 2 saturated heterocycles. The van der Waals surface area contributed by atoms with Crippen LogP contribution in [0.3, 0.4) is 0 Å². The number of fused-ring (bicyclic) bond motifs is 3. The van der Waals surface area contributed by atoms with Crippen molar-refractivity contribution in [1.29, 1.82) is 0 Å². The van der Waals surface area contributed by atoms with Gasteiger partial charge in [0.2, 0.25) is 10.0 Å². The van der Waals surface area contributed by atoms with E-state index >= 15 is 0 Å². The van der Waals surface area contributed by atoms with Gasteiger partial charge in [-0.25, -0.2) is 13.1 Å². The van der Waals surface area contributed by atoms with Gasteiger partial charge in [0.05, 0.1) is 24.2 Å². The number of ether oxygens (including phenoxy) is 3. The minimum Gasteiger partial charge on any atom is -0.487 e. The molecule has 49 heavy (non-hydrogen) atoms. The molecule has 1 N–H and O–H groups in total. The van der Waals surface area contributed by atoms with Gasteiger partial charge in [0.25, 0.3) is 5.91 Å². The van der Waals surface area contributed by atoms with Gasteiger partial charge in [-0.05, 0) is 105 Å². The SMILES string of the molecule is CO[C@@]1(CN2CC3(COC3)C2)/C=C/C[C@H](C)[C@@H](C)S(=O)(=O)NC(=O)c2ccc3c(c2)N(CCCCc2cc(Cl)ccc2CO3)C[C@@H]2CC[C@H]21. The molecule has 11 heteroatoms. The van der Waals surface area contributed by atoms with Crippen LogP contribution in [0, 0.1) is 23.2 Å². The van der Waals surface area contributed by atoms with Gasteiger partial charge in [0.1, 0.15) is 18.0 Å². The van der Waals surface area contributed by atoms with Crippen LogP contribution in [-0.4, -0.2) is 83.1 Å². The number of hydrogen-bond acceptors (Lipinski definition) is 8. The summed E-state index contributed by atoms with van der Waals surface area (Å²) in [6.45, 7) is 10.0. The molecule has 4 heterocycles. The number of hydrogen-bond donors (Lipinski definition) is 1. The van der Waals surface area contributed by atoms with Crippen molar-refractivity contribution in [2.75, 3.05) is 57.9 Å². The summed E-state index contributed by atoms with van der Waals surface area (Å²) in [5, 5.41) is -0.0555. The lowest BCUT2D eigenvalue weighted by Gasteiger charge is -2.58. The van der Waals surface area contributed by atoms with E-state index in [-0.39, 0.29) is 11.8 Å². The van der Waals surface area contributed by atoms with E-state index in [0.29, 0.717) is 35.7 Å². The predicted octanol–water partition coefficient (Wildman–Crippen LogP) is 5.85.